The van der Waals surface area contributed by atoms with E-state index in [4.69, 9.17) is 14.7 Å². The molecule has 0 aliphatic rings. The fourth-order valence-corrected chi connectivity index (χ4v) is 2.87. The van der Waals surface area contributed by atoms with Gasteiger partial charge in [0.1, 0.15) is 23.8 Å². The van der Waals surface area contributed by atoms with Gasteiger partial charge in [0.25, 0.3) is 5.69 Å². The number of ether oxygens (including phenoxy) is 2. The van der Waals surface area contributed by atoms with Gasteiger partial charge in [-0.25, -0.2) is 0 Å². The van der Waals surface area contributed by atoms with Crippen LogP contribution < -0.4 is 20.1 Å². The van der Waals surface area contributed by atoms with Crippen LogP contribution in [0.1, 0.15) is 11.1 Å². The van der Waals surface area contributed by atoms with Crippen molar-refractivity contribution in [3.05, 3.63) is 88.0 Å². The SMILES string of the molecule is COc1ccc(NC(=O)CNc2cccc(OCc3cccc(C#N)c3)c2)c([N+](=O)[O-])c1. The Morgan fingerprint density at radius 1 is 1.09 bits per heavy atom. The fourth-order valence-electron chi connectivity index (χ4n) is 2.87. The van der Waals surface area contributed by atoms with E-state index in [0.29, 0.717) is 29.4 Å². The minimum Gasteiger partial charge on any atom is -0.496 e. The largest absolute Gasteiger partial charge is 0.496 e. The summed E-state index contributed by atoms with van der Waals surface area (Å²) in [4.78, 5) is 22.9. The van der Waals surface area contributed by atoms with E-state index in [1.54, 1.807) is 42.5 Å². The number of nitriles is 1. The quantitative estimate of drug-likeness (QED) is 0.385. The average Bonchev–Trinajstić information content (AvgIpc) is 2.82. The predicted octanol–water partition coefficient (Wildman–Crippen LogP) is 4.10. The number of methoxy groups -OCH3 is 1. The molecule has 0 saturated carbocycles. The number of hydrogen-bond acceptors (Lipinski definition) is 7. The van der Waals surface area contributed by atoms with Crippen LogP contribution in [-0.2, 0) is 11.4 Å². The summed E-state index contributed by atoms with van der Waals surface area (Å²) in [5.74, 6) is 0.463. The Kier molecular flexibility index (Phi) is 7.22. The Morgan fingerprint density at radius 2 is 1.91 bits per heavy atom. The standard InChI is InChI=1S/C23H20N4O5/c1-31-19-8-9-21(22(12-19)27(29)30)26-23(28)14-25-18-6-3-7-20(11-18)32-15-17-5-2-4-16(10-17)13-24/h2-12,25H,14-15H2,1H3,(H,26,28). The van der Waals surface area contributed by atoms with Crippen LogP contribution in [0.3, 0.4) is 0 Å². The second-order valence-electron chi connectivity index (χ2n) is 6.67. The van der Waals surface area contributed by atoms with Crippen molar-refractivity contribution in [2.24, 2.45) is 0 Å². The molecule has 1 amide bonds. The van der Waals surface area contributed by atoms with Crippen LogP contribution in [0.15, 0.2) is 66.7 Å². The van der Waals surface area contributed by atoms with E-state index in [9.17, 15) is 14.9 Å². The minimum absolute atomic E-state index is 0.0827. The summed E-state index contributed by atoms with van der Waals surface area (Å²) in [6.45, 7) is 0.192. The highest BCUT2D eigenvalue weighted by atomic mass is 16.6. The summed E-state index contributed by atoms with van der Waals surface area (Å²) in [5.41, 5.74) is 1.90. The molecule has 0 aromatic heterocycles. The van der Waals surface area contributed by atoms with E-state index in [0.717, 1.165) is 5.56 Å². The lowest BCUT2D eigenvalue weighted by molar-refractivity contribution is -0.384. The van der Waals surface area contributed by atoms with Gasteiger partial charge in [0.2, 0.25) is 5.91 Å². The van der Waals surface area contributed by atoms with E-state index in [1.807, 2.05) is 6.07 Å². The van der Waals surface area contributed by atoms with Crippen LogP contribution in [0.4, 0.5) is 17.1 Å². The Labute approximate surface area is 184 Å². The normalized spacial score (nSPS) is 10.0. The number of hydrogen-bond donors (Lipinski definition) is 2. The fraction of sp³-hybridized carbons (Fsp3) is 0.130. The number of nitrogens with zero attached hydrogens (tertiary/aromatic N) is 2. The molecule has 0 bridgehead atoms. The van der Waals surface area contributed by atoms with E-state index < -0.39 is 10.8 Å². The van der Waals surface area contributed by atoms with Crippen molar-refractivity contribution in [2.45, 2.75) is 6.61 Å². The molecule has 9 heteroatoms. The second-order valence-corrected chi connectivity index (χ2v) is 6.67. The van der Waals surface area contributed by atoms with Gasteiger partial charge in [-0.3, -0.25) is 14.9 Å². The van der Waals surface area contributed by atoms with Crippen LogP contribution in [-0.4, -0.2) is 24.5 Å². The molecule has 0 radical (unpaired) electrons. The lowest BCUT2D eigenvalue weighted by Crippen LogP contribution is -2.22. The van der Waals surface area contributed by atoms with Crippen LogP contribution in [0, 0.1) is 21.4 Å². The molecular weight excluding hydrogens is 412 g/mol. The van der Waals surface area contributed by atoms with E-state index >= 15 is 0 Å². The number of nitrogens with one attached hydrogen (secondary N) is 2. The van der Waals surface area contributed by atoms with Gasteiger partial charge in [0, 0.05) is 11.8 Å². The summed E-state index contributed by atoms with van der Waals surface area (Å²) in [6, 6.07) is 20.5. The zero-order chi connectivity index (χ0) is 22.9. The van der Waals surface area contributed by atoms with Crippen molar-refractivity contribution in [3.8, 4) is 17.6 Å². The maximum atomic E-state index is 12.3. The zero-order valence-electron chi connectivity index (χ0n) is 17.2. The van der Waals surface area contributed by atoms with Gasteiger partial charge in [-0.05, 0) is 42.0 Å². The molecule has 0 fully saturated rings. The molecule has 0 aliphatic heterocycles. The van der Waals surface area contributed by atoms with Gasteiger partial charge in [-0.2, -0.15) is 5.26 Å². The summed E-state index contributed by atoms with van der Waals surface area (Å²) in [7, 11) is 1.41. The maximum absolute atomic E-state index is 12.3. The van der Waals surface area contributed by atoms with Gasteiger partial charge in [0.05, 0.1) is 36.3 Å². The zero-order valence-corrected chi connectivity index (χ0v) is 17.2. The van der Waals surface area contributed by atoms with Crippen molar-refractivity contribution >= 4 is 23.0 Å². The van der Waals surface area contributed by atoms with Gasteiger partial charge < -0.3 is 20.1 Å². The number of amides is 1. The molecule has 3 aromatic carbocycles. The lowest BCUT2D eigenvalue weighted by atomic mass is 10.1. The van der Waals surface area contributed by atoms with Crippen molar-refractivity contribution in [2.75, 3.05) is 24.3 Å². The molecule has 0 saturated heterocycles. The minimum atomic E-state index is -0.585. The molecule has 2 N–H and O–H groups in total. The molecule has 3 aromatic rings. The van der Waals surface area contributed by atoms with Crippen molar-refractivity contribution in [3.63, 3.8) is 0 Å². The molecular formula is C23H20N4O5. The first kappa shape index (κ1) is 22.1. The Bertz CT molecular complexity index is 1170. The highest BCUT2D eigenvalue weighted by Crippen LogP contribution is 2.29. The van der Waals surface area contributed by atoms with E-state index in [-0.39, 0.29) is 17.9 Å². The smallest absolute Gasteiger partial charge is 0.296 e. The number of anilines is 2. The molecule has 0 aliphatic carbocycles. The van der Waals surface area contributed by atoms with Gasteiger partial charge in [-0.15, -0.1) is 0 Å². The Morgan fingerprint density at radius 3 is 2.66 bits per heavy atom. The van der Waals surface area contributed by atoms with Crippen LogP contribution in [0.5, 0.6) is 11.5 Å². The number of rotatable bonds is 9. The predicted molar refractivity (Wildman–Crippen MR) is 119 cm³/mol. The van der Waals surface area contributed by atoms with Crippen LogP contribution in [0.2, 0.25) is 0 Å². The first-order chi connectivity index (χ1) is 15.5. The maximum Gasteiger partial charge on any atom is 0.296 e. The van der Waals surface area contributed by atoms with Crippen molar-refractivity contribution < 1.29 is 19.2 Å². The van der Waals surface area contributed by atoms with E-state index in [2.05, 4.69) is 16.7 Å². The molecule has 32 heavy (non-hydrogen) atoms. The summed E-state index contributed by atoms with van der Waals surface area (Å²) < 4.78 is 10.7. The first-order valence-corrected chi connectivity index (χ1v) is 9.56. The third-order valence-corrected chi connectivity index (χ3v) is 4.42. The molecule has 0 atom stereocenters. The number of carbonyl (C=O) groups excluding carboxylic acids is 1. The molecule has 0 heterocycles. The average molecular weight is 432 g/mol. The molecule has 9 nitrogen and oxygen atoms in total. The molecule has 3 rings (SSSR count). The topological polar surface area (TPSA) is 127 Å². The third kappa shape index (κ3) is 5.96. The summed E-state index contributed by atoms with van der Waals surface area (Å²) >= 11 is 0. The van der Waals surface area contributed by atoms with Gasteiger partial charge in [0.15, 0.2) is 0 Å². The Balaban J connectivity index is 1.57. The van der Waals surface area contributed by atoms with Crippen LogP contribution in [0.25, 0.3) is 0 Å². The Hall–Kier alpha value is -4.58. The molecule has 162 valence electrons. The monoisotopic (exact) mass is 432 g/mol. The number of nitro groups is 1. The van der Waals surface area contributed by atoms with Crippen LogP contribution >= 0.6 is 0 Å². The highest BCUT2D eigenvalue weighted by Gasteiger charge is 2.17. The van der Waals surface area contributed by atoms with Gasteiger partial charge >= 0.3 is 0 Å². The third-order valence-electron chi connectivity index (χ3n) is 4.42. The van der Waals surface area contributed by atoms with Crippen molar-refractivity contribution in [1.82, 2.24) is 0 Å². The summed E-state index contributed by atoms with van der Waals surface area (Å²) in [5, 5.41) is 25.7. The summed E-state index contributed by atoms with van der Waals surface area (Å²) in [6.07, 6.45) is 0. The molecule has 0 unspecified atom stereocenters. The number of carbonyl (C=O) groups is 1. The first-order valence-electron chi connectivity index (χ1n) is 9.56. The number of benzene rings is 3. The van der Waals surface area contributed by atoms with Crippen molar-refractivity contribution in [1.29, 1.82) is 5.26 Å². The van der Waals surface area contributed by atoms with Gasteiger partial charge in [-0.1, -0.05) is 18.2 Å². The second kappa shape index (κ2) is 10.4. The lowest BCUT2D eigenvalue weighted by Gasteiger charge is -2.11. The number of nitro benzene ring substituents is 1. The highest BCUT2D eigenvalue weighted by molar-refractivity contribution is 5.95. The molecule has 0 spiro atoms. The van der Waals surface area contributed by atoms with E-state index in [1.165, 1.54) is 25.3 Å².